The molecule has 0 aromatic heterocycles. The number of terminal acetylenes is 1. The van der Waals surface area contributed by atoms with Gasteiger partial charge in [0.2, 0.25) is 0 Å². The molecule has 88 valence electrons. The van der Waals surface area contributed by atoms with Crippen molar-refractivity contribution in [3.05, 3.63) is 41.2 Å². The Labute approximate surface area is 101 Å². The van der Waals surface area contributed by atoms with Crippen LogP contribution in [0.3, 0.4) is 0 Å². The van der Waals surface area contributed by atoms with E-state index in [1.165, 1.54) is 6.07 Å². The van der Waals surface area contributed by atoms with E-state index in [2.05, 4.69) is 5.92 Å². The molecule has 0 bridgehead atoms. The molecular formula is C15H16FN. The number of nitrogen functional groups attached to an aromatic ring is 1. The fraction of sp³-hybridized carbons (Fsp3) is 0.200. The van der Waals surface area contributed by atoms with Gasteiger partial charge in [0.15, 0.2) is 0 Å². The lowest BCUT2D eigenvalue weighted by Gasteiger charge is -2.07. The third kappa shape index (κ3) is 2.39. The molecule has 0 radical (unpaired) electrons. The number of aryl methyl sites for hydroxylation is 1. The second-order valence-electron chi connectivity index (χ2n) is 3.50. The number of nitrogens with two attached hydrogens (primary N) is 1. The molecule has 0 heterocycles. The van der Waals surface area contributed by atoms with Crippen molar-refractivity contribution in [2.75, 3.05) is 5.73 Å². The van der Waals surface area contributed by atoms with Crippen molar-refractivity contribution >= 4 is 16.5 Å². The summed E-state index contributed by atoms with van der Waals surface area (Å²) in [4.78, 5) is 0. The highest BCUT2D eigenvalue weighted by molar-refractivity contribution is 5.93. The third-order valence-corrected chi connectivity index (χ3v) is 2.43. The summed E-state index contributed by atoms with van der Waals surface area (Å²) in [6.45, 7) is 5.87. The van der Waals surface area contributed by atoms with Crippen molar-refractivity contribution in [1.29, 1.82) is 0 Å². The molecule has 0 amide bonds. The minimum absolute atomic E-state index is 0.310. The van der Waals surface area contributed by atoms with Crippen LogP contribution in [-0.4, -0.2) is 0 Å². The normalized spacial score (nSPS) is 9.35. The van der Waals surface area contributed by atoms with E-state index >= 15 is 0 Å². The molecule has 2 aromatic rings. The summed E-state index contributed by atoms with van der Waals surface area (Å²) in [5.74, 6) is 2.02. The van der Waals surface area contributed by atoms with Crippen LogP contribution < -0.4 is 5.73 Å². The lowest BCUT2D eigenvalue weighted by atomic mass is 9.99. The molecule has 2 N–H and O–H groups in total. The number of rotatable bonds is 0. The van der Waals surface area contributed by atoms with Gasteiger partial charge in [-0.3, -0.25) is 0 Å². The summed E-state index contributed by atoms with van der Waals surface area (Å²) in [5.41, 5.74) is 7.58. The molecular weight excluding hydrogens is 213 g/mol. The Morgan fingerprint density at radius 3 is 2.47 bits per heavy atom. The number of fused-ring (bicyclic) bond motifs is 1. The molecule has 0 spiro atoms. The SMILES string of the molecule is C#Cc1c(F)ccc2cc(N)cc(C)c12.CC. The number of hydrogen-bond acceptors (Lipinski definition) is 1. The average molecular weight is 229 g/mol. The highest BCUT2D eigenvalue weighted by Gasteiger charge is 2.08. The van der Waals surface area contributed by atoms with Crippen molar-refractivity contribution in [2.24, 2.45) is 0 Å². The van der Waals surface area contributed by atoms with Crippen LogP contribution in [0.2, 0.25) is 0 Å². The summed E-state index contributed by atoms with van der Waals surface area (Å²) >= 11 is 0. The first kappa shape index (κ1) is 13.1. The van der Waals surface area contributed by atoms with E-state index in [0.29, 0.717) is 11.3 Å². The zero-order chi connectivity index (χ0) is 13.0. The summed E-state index contributed by atoms with van der Waals surface area (Å²) in [5, 5.41) is 1.65. The molecule has 0 unspecified atom stereocenters. The molecule has 2 aromatic carbocycles. The number of anilines is 1. The smallest absolute Gasteiger partial charge is 0.139 e. The first-order valence-corrected chi connectivity index (χ1v) is 5.58. The van der Waals surface area contributed by atoms with Crippen LogP contribution in [0.15, 0.2) is 24.3 Å². The quantitative estimate of drug-likeness (QED) is 0.538. The van der Waals surface area contributed by atoms with Gasteiger partial charge in [-0.25, -0.2) is 4.39 Å². The zero-order valence-corrected chi connectivity index (χ0v) is 10.3. The van der Waals surface area contributed by atoms with Gasteiger partial charge in [0.05, 0.1) is 5.56 Å². The molecule has 17 heavy (non-hydrogen) atoms. The second kappa shape index (κ2) is 5.36. The van der Waals surface area contributed by atoms with Gasteiger partial charge in [-0.15, -0.1) is 6.42 Å². The Kier molecular flexibility index (Phi) is 4.12. The third-order valence-electron chi connectivity index (χ3n) is 2.43. The Morgan fingerprint density at radius 2 is 1.88 bits per heavy atom. The van der Waals surface area contributed by atoms with E-state index in [9.17, 15) is 4.39 Å². The summed E-state index contributed by atoms with van der Waals surface area (Å²) in [6.07, 6.45) is 5.30. The lowest BCUT2D eigenvalue weighted by molar-refractivity contribution is 0.626. The fourth-order valence-corrected chi connectivity index (χ4v) is 1.82. The Hall–Kier alpha value is -2.01. The van der Waals surface area contributed by atoms with E-state index < -0.39 is 0 Å². The van der Waals surface area contributed by atoms with Crippen LogP contribution in [0.4, 0.5) is 10.1 Å². The lowest BCUT2D eigenvalue weighted by Crippen LogP contribution is -1.92. The van der Waals surface area contributed by atoms with Crippen LogP contribution in [-0.2, 0) is 0 Å². The fourth-order valence-electron chi connectivity index (χ4n) is 1.82. The largest absolute Gasteiger partial charge is 0.399 e. The maximum absolute atomic E-state index is 13.4. The maximum Gasteiger partial charge on any atom is 0.139 e. The Balaban J connectivity index is 0.000000686. The Morgan fingerprint density at radius 1 is 1.24 bits per heavy atom. The van der Waals surface area contributed by atoms with Crippen LogP contribution >= 0.6 is 0 Å². The topological polar surface area (TPSA) is 26.0 Å². The highest BCUT2D eigenvalue weighted by Crippen LogP contribution is 2.26. The molecule has 0 fully saturated rings. The van der Waals surface area contributed by atoms with Crippen LogP contribution in [0.5, 0.6) is 0 Å². The van der Waals surface area contributed by atoms with Crippen molar-refractivity contribution in [2.45, 2.75) is 20.8 Å². The van der Waals surface area contributed by atoms with Crippen LogP contribution in [0.1, 0.15) is 25.0 Å². The molecule has 2 rings (SSSR count). The predicted octanol–water partition coefficient (Wildman–Crippen LogP) is 3.88. The van der Waals surface area contributed by atoms with Crippen molar-refractivity contribution < 1.29 is 4.39 Å². The van der Waals surface area contributed by atoms with E-state index in [1.54, 1.807) is 18.2 Å². The molecule has 0 aliphatic carbocycles. The van der Waals surface area contributed by atoms with E-state index in [0.717, 1.165) is 16.3 Å². The van der Waals surface area contributed by atoms with Gasteiger partial charge in [0.25, 0.3) is 0 Å². The van der Waals surface area contributed by atoms with Crippen molar-refractivity contribution in [1.82, 2.24) is 0 Å². The molecule has 0 aliphatic heterocycles. The number of benzene rings is 2. The molecule has 0 saturated carbocycles. The summed E-state index contributed by atoms with van der Waals surface area (Å²) in [6, 6.07) is 6.65. The Bertz CT molecular complexity index is 579. The predicted molar refractivity (Wildman–Crippen MR) is 72.3 cm³/mol. The highest BCUT2D eigenvalue weighted by atomic mass is 19.1. The minimum atomic E-state index is -0.363. The monoisotopic (exact) mass is 229 g/mol. The molecule has 0 saturated heterocycles. The average Bonchev–Trinajstić information content (AvgIpc) is 2.32. The van der Waals surface area contributed by atoms with Gasteiger partial charge in [-0.2, -0.15) is 0 Å². The zero-order valence-electron chi connectivity index (χ0n) is 10.3. The first-order valence-electron chi connectivity index (χ1n) is 5.58. The minimum Gasteiger partial charge on any atom is -0.399 e. The van der Waals surface area contributed by atoms with Gasteiger partial charge in [0.1, 0.15) is 5.82 Å². The van der Waals surface area contributed by atoms with Gasteiger partial charge in [0, 0.05) is 11.1 Å². The van der Waals surface area contributed by atoms with Gasteiger partial charge in [-0.05, 0) is 36.1 Å². The maximum atomic E-state index is 13.4. The first-order chi connectivity index (χ1) is 8.13. The molecule has 0 atom stereocenters. The second-order valence-corrected chi connectivity index (χ2v) is 3.50. The van der Waals surface area contributed by atoms with Gasteiger partial charge >= 0.3 is 0 Å². The standard InChI is InChI=1S/C13H10FN.C2H6/c1-3-11-12(14)5-4-9-7-10(15)6-8(2)13(9)11;1-2/h1,4-7H,15H2,2H3;1-2H3. The molecule has 0 aliphatic rings. The molecule has 2 heteroatoms. The number of hydrogen-bond donors (Lipinski definition) is 1. The number of halogens is 1. The summed E-state index contributed by atoms with van der Waals surface area (Å²) < 4.78 is 13.4. The van der Waals surface area contributed by atoms with Gasteiger partial charge < -0.3 is 5.73 Å². The van der Waals surface area contributed by atoms with Gasteiger partial charge in [-0.1, -0.05) is 25.8 Å². The van der Waals surface area contributed by atoms with Crippen LogP contribution in [0.25, 0.3) is 10.8 Å². The van der Waals surface area contributed by atoms with E-state index in [-0.39, 0.29) is 5.82 Å². The van der Waals surface area contributed by atoms with E-state index in [1.807, 2.05) is 20.8 Å². The molecule has 1 nitrogen and oxygen atoms in total. The summed E-state index contributed by atoms with van der Waals surface area (Å²) in [7, 11) is 0. The van der Waals surface area contributed by atoms with Crippen LogP contribution in [0, 0.1) is 25.1 Å². The van der Waals surface area contributed by atoms with Crippen molar-refractivity contribution in [3.8, 4) is 12.3 Å². The van der Waals surface area contributed by atoms with Crippen molar-refractivity contribution in [3.63, 3.8) is 0 Å². The van der Waals surface area contributed by atoms with E-state index in [4.69, 9.17) is 12.2 Å².